The Labute approximate surface area is 250 Å². The van der Waals surface area contributed by atoms with Gasteiger partial charge in [0.05, 0.1) is 5.60 Å². The number of fused-ring (bicyclic) bond motifs is 3. The van der Waals surface area contributed by atoms with E-state index in [-0.39, 0.29) is 53.1 Å². The fourth-order valence-corrected chi connectivity index (χ4v) is 5.45. The van der Waals surface area contributed by atoms with Gasteiger partial charge in [-0.1, -0.05) is 23.7 Å². The summed E-state index contributed by atoms with van der Waals surface area (Å²) in [6, 6.07) is 0. The van der Waals surface area contributed by atoms with Crippen LogP contribution in [0.2, 0.25) is 0 Å². The zero-order valence-electron chi connectivity index (χ0n) is 23.9. The minimum atomic E-state index is -0.386. The molecule has 232 valence electrons. The molecule has 0 unspecified atom stereocenters. The van der Waals surface area contributed by atoms with E-state index in [0.29, 0.717) is 0 Å². The lowest BCUT2D eigenvalue weighted by Crippen LogP contribution is -2.63. The predicted octanol–water partition coefficient (Wildman–Crippen LogP) is 5.38. The summed E-state index contributed by atoms with van der Waals surface area (Å²) in [6.07, 6.45) is 9.24. The maximum Gasteiger partial charge on any atom is 0.0654 e. The third-order valence-corrected chi connectivity index (χ3v) is 8.05. The van der Waals surface area contributed by atoms with Gasteiger partial charge >= 0.3 is 0 Å². The number of rotatable bonds is 3. The van der Waals surface area contributed by atoms with E-state index in [1.165, 1.54) is 0 Å². The summed E-state index contributed by atoms with van der Waals surface area (Å²) in [7, 11) is 0. The van der Waals surface area contributed by atoms with Gasteiger partial charge in [0, 0.05) is 61.9 Å². The lowest BCUT2D eigenvalue weighted by atomic mass is 9.38. The number of aliphatic hydroxyl groups is 4. The van der Waals surface area contributed by atoms with E-state index in [1.807, 2.05) is 0 Å². The molecular weight excluding hydrogens is 512 g/mol. The minimum Gasteiger partial charge on any atom is -0.396 e. The van der Waals surface area contributed by atoms with E-state index >= 15 is 0 Å². The van der Waals surface area contributed by atoms with Gasteiger partial charge < -0.3 is 20.4 Å². The van der Waals surface area contributed by atoms with Crippen molar-refractivity contribution in [1.82, 2.24) is 0 Å². The van der Waals surface area contributed by atoms with E-state index < -0.39 is 0 Å². The Kier molecular flexibility index (Phi) is 20.5. The molecule has 4 N–H and O–H groups in total. The van der Waals surface area contributed by atoms with Crippen LogP contribution in [0.5, 0.6) is 0 Å². The monoisotopic (exact) mass is 568 g/mol. The van der Waals surface area contributed by atoms with Crippen LogP contribution >= 0.6 is 0 Å². The Hall–Kier alpha value is -3.60. The molecular formula is C32H56O8. The summed E-state index contributed by atoms with van der Waals surface area (Å²) in [5.41, 5.74) is 0.0426. The third-order valence-electron chi connectivity index (χ3n) is 8.05. The largest absolute Gasteiger partial charge is 0.396 e. The molecule has 4 fully saturated rings. The van der Waals surface area contributed by atoms with Gasteiger partial charge in [-0.3, -0.25) is 0 Å². The van der Waals surface area contributed by atoms with Gasteiger partial charge in [0.2, 0.25) is 0 Å². The average Bonchev–Trinajstić information content (AvgIpc) is 3.53. The van der Waals surface area contributed by atoms with E-state index in [9.17, 15) is 5.11 Å². The van der Waals surface area contributed by atoms with Crippen LogP contribution in [0.3, 0.4) is 0 Å². The molecule has 0 heterocycles. The molecule has 8 nitrogen and oxygen atoms in total. The summed E-state index contributed by atoms with van der Waals surface area (Å²) in [6.45, 7) is 7.82. The molecule has 4 aliphatic carbocycles. The topological polar surface area (TPSA) is 149 Å². The standard InChI is InChI=1S/2C8H14O2.2C8H6.2O2.8H2/c9-6-7-1-3-8(10,5-7)4-2-7;9-5-7-1-2-8(7,6-10)4-3-7;2*1-3-5-7-8-6-4-2;2*1-2;;;;;;;;/h2*9-10H,1-6H2;2*1-2H3;;;8*1H. The fraction of sp³-hybridized carbons (Fsp3) is 0.625. The number of aliphatic hydroxyl groups excluding tert-OH is 3. The van der Waals surface area contributed by atoms with Crippen molar-refractivity contribution in [3.63, 3.8) is 0 Å². The highest BCUT2D eigenvalue weighted by molar-refractivity contribution is 5.35. The van der Waals surface area contributed by atoms with Crippen LogP contribution in [0.4, 0.5) is 0 Å². The second-order valence-electron chi connectivity index (χ2n) is 9.94. The van der Waals surface area contributed by atoms with Crippen LogP contribution in [0.25, 0.3) is 0 Å². The summed E-state index contributed by atoms with van der Waals surface area (Å²) in [4.78, 5) is 28.0. The molecule has 0 saturated heterocycles. The molecule has 8 heteroatoms. The fourth-order valence-electron chi connectivity index (χ4n) is 5.45. The van der Waals surface area contributed by atoms with Gasteiger partial charge in [0.1, 0.15) is 0 Å². The highest BCUT2D eigenvalue weighted by atomic mass is 16.7. The molecule has 4 saturated carbocycles. The quantitative estimate of drug-likeness (QED) is 0.332. The summed E-state index contributed by atoms with van der Waals surface area (Å²) >= 11 is 0. The Morgan fingerprint density at radius 1 is 0.500 bits per heavy atom. The molecule has 0 aromatic carbocycles. The van der Waals surface area contributed by atoms with Crippen LogP contribution in [-0.4, -0.2) is 45.8 Å². The Morgan fingerprint density at radius 3 is 0.925 bits per heavy atom. The van der Waals surface area contributed by atoms with Crippen LogP contribution in [-0.2, 0) is 0 Å². The van der Waals surface area contributed by atoms with Crippen molar-refractivity contribution in [2.75, 3.05) is 19.8 Å². The first kappa shape index (κ1) is 38.5. The first-order valence-corrected chi connectivity index (χ1v) is 12.9. The first-order valence-electron chi connectivity index (χ1n) is 12.9. The van der Waals surface area contributed by atoms with Gasteiger partial charge in [0.25, 0.3) is 0 Å². The van der Waals surface area contributed by atoms with Crippen LogP contribution in [0.15, 0.2) is 0 Å². The molecule has 0 aromatic rings. The van der Waals surface area contributed by atoms with Crippen molar-refractivity contribution in [2.24, 2.45) is 16.2 Å². The predicted molar refractivity (Wildman–Crippen MR) is 175 cm³/mol. The second-order valence-corrected chi connectivity index (χ2v) is 9.94. The maximum absolute atomic E-state index is 9.73. The van der Waals surface area contributed by atoms with Crippen LogP contribution < -0.4 is 0 Å². The highest BCUT2D eigenvalue weighted by Crippen LogP contribution is 2.69. The highest BCUT2D eigenvalue weighted by Gasteiger charge is 2.64. The zero-order chi connectivity index (χ0) is 31.0. The molecule has 4 rings (SSSR count). The Bertz CT molecular complexity index is 1020. The Morgan fingerprint density at radius 2 is 0.800 bits per heavy atom. The number of hydrogen-bond donors (Lipinski definition) is 4. The SMILES string of the molecule is CC#CC#CC#CC.CC#CC#CC#CC.O=O.O=O.OCC12CCC(O)(CC1)C2.OCC12CCC1(CO)CC2.[HH].[HH].[HH].[HH].[HH].[HH].[HH].[HH]. The van der Waals surface area contributed by atoms with Crippen molar-refractivity contribution in [3.05, 3.63) is 19.9 Å². The Balaban J connectivity index is -0.0000000462. The van der Waals surface area contributed by atoms with Crippen molar-refractivity contribution in [3.8, 4) is 71.0 Å². The molecule has 0 aliphatic heterocycles. The molecule has 0 atom stereocenters. The molecule has 40 heavy (non-hydrogen) atoms. The van der Waals surface area contributed by atoms with Crippen LogP contribution in [0.1, 0.15) is 96.9 Å². The minimum absolute atomic E-state index is 0. The average molecular weight is 569 g/mol. The molecule has 0 spiro atoms. The van der Waals surface area contributed by atoms with Crippen LogP contribution in [0, 0.1) is 107 Å². The van der Waals surface area contributed by atoms with Gasteiger partial charge in [0.15, 0.2) is 0 Å². The van der Waals surface area contributed by atoms with E-state index in [1.54, 1.807) is 27.7 Å². The van der Waals surface area contributed by atoms with Gasteiger partial charge in [-0.05, 0) is 138 Å². The smallest absolute Gasteiger partial charge is 0.0654 e. The summed E-state index contributed by atoms with van der Waals surface area (Å²) < 4.78 is 0. The van der Waals surface area contributed by atoms with E-state index in [0.717, 1.165) is 57.8 Å². The summed E-state index contributed by atoms with van der Waals surface area (Å²) in [5.74, 6) is 31.0. The van der Waals surface area contributed by atoms with Crippen molar-refractivity contribution in [2.45, 2.75) is 91.1 Å². The molecule has 0 amide bonds. The maximum atomic E-state index is 9.73. The van der Waals surface area contributed by atoms with Gasteiger partial charge in [-0.25, -0.2) is 0 Å². The lowest BCUT2D eigenvalue weighted by molar-refractivity contribution is -0.220. The van der Waals surface area contributed by atoms with Gasteiger partial charge in [-0.2, -0.15) is 0 Å². The first-order chi connectivity index (χ1) is 19.3. The zero-order valence-corrected chi connectivity index (χ0v) is 23.9. The van der Waals surface area contributed by atoms with Crippen molar-refractivity contribution < 1.29 is 31.8 Å². The van der Waals surface area contributed by atoms with Crippen molar-refractivity contribution >= 4 is 0 Å². The van der Waals surface area contributed by atoms with E-state index in [2.05, 4.69) is 71.0 Å². The lowest BCUT2D eigenvalue weighted by Gasteiger charge is -2.67. The molecule has 2 bridgehead atoms. The third kappa shape index (κ3) is 11.3. The van der Waals surface area contributed by atoms with E-state index in [4.69, 9.17) is 35.2 Å². The second kappa shape index (κ2) is 21.2. The molecule has 0 radical (unpaired) electrons. The number of hydrogen-bond acceptors (Lipinski definition) is 8. The van der Waals surface area contributed by atoms with Crippen molar-refractivity contribution in [1.29, 1.82) is 0 Å². The van der Waals surface area contributed by atoms with Gasteiger partial charge in [-0.15, -0.1) is 0 Å². The normalized spacial score (nSPS) is 27.5. The summed E-state index contributed by atoms with van der Waals surface area (Å²) in [5, 5.41) is 36.9. The molecule has 0 aromatic heterocycles. The molecule has 4 aliphatic rings.